The van der Waals surface area contributed by atoms with Crippen LogP contribution in [0.5, 0.6) is 0 Å². The van der Waals surface area contributed by atoms with Crippen molar-refractivity contribution in [3.05, 3.63) is 188 Å². The standard InChI is InChI=1S/C46H31N3/c1-4-14-32(15-5-1)42-31-43(48-46(47-42)33-16-6-2-7-17-33)38-21-13-20-36(29-38)34-18-12-19-35(28-34)37-26-27-41-40-24-10-11-25-44(40)49(45(41)30-37)39-22-8-3-9-23-39/h1-31H/i12D,13D,18D,19D,20D,21D,28D,29D. The first-order valence-electron chi connectivity index (χ1n) is 19.9. The number of para-hydroxylation sites is 2. The summed E-state index contributed by atoms with van der Waals surface area (Å²) in [6.07, 6.45) is 0. The molecule has 3 heteroatoms. The summed E-state index contributed by atoms with van der Waals surface area (Å²) in [6.45, 7) is 0. The molecule has 7 aromatic carbocycles. The van der Waals surface area contributed by atoms with Crippen LogP contribution >= 0.6 is 0 Å². The topological polar surface area (TPSA) is 30.7 Å². The zero-order chi connectivity index (χ0) is 39.5. The molecule has 230 valence electrons. The number of hydrogen-bond acceptors (Lipinski definition) is 2. The minimum atomic E-state index is -0.529. The molecule has 0 fully saturated rings. The largest absolute Gasteiger partial charge is 0.309 e. The first-order valence-corrected chi connectivity index (χ1v) is 15.9. The number of fused-ring (bicyclic) bond motifs is 3. The summed E-state index contributed by atoms with van der Waals surface area (Å²) >= 11 is 0. The Hall–Kier alpha value is -6.58. The Labute approximate surface area is 296 Å². The van der Waals surface area contributed by atoms with Crippen LogP contribution in [0.2, 0.25) is 0 Å². The molecule has 2 heterocycles. The van der Waals surface area contributed by atoms with E-state index >= 15 is 0 Å². The maximum Gasteiger partial charge on any atom is 0.160 e. The van der Waals surface area contributed by atoms with E-state index < -0.39 is 30.2 Å². The summed E-state index contributed by atoms with van der Waals surface area (Å²) in [4.78, 5) is 9.60. The Kier molecular flexibility index (Phi) is 5.32. The molecule has 0 spiro atoms. The van der Waals surface area contributed by atoms with E-state index in [0.717, 1.165) is 33.1 Å². The molecule has 0 saturated heterocycles. The molecule has 0 saturated carbocycles. The lowest BCUT2D eigenvalue weighted by atomic mass is 9.96. The molecule has 0 amide bonds. The second kappa shape index (κ2) is 12.2. The maximum atomic E-state index is 9.59. The number of aromatic nitrogens is 3. The molecule has 3 nitrogen and oxygen atoms in total. The highest BCUT2D eigenvalue weighted by Gasteiger charge is 2.14. The van der Waals surface area contributed by atoms with E-state index in [0.29, 0.717) is 22.6 Å². The minimum absolute atomic E-state index is 0.0550. The molecular formula is C46H31N3. The Morgan fingerprint density at radius 3 is 1.65 bits per heavy atom. The van der Waals surface area contributed by atoms with Gasteiger partial charge in [0.05, 0.1) is 33.4 Å². The Balaban J connectivity index is 1.30. The Bertz CT molecular complexity index is 2980. The van der Waals surface area contributed by atoms with Gasteiger partial charge in [-0.25, -0.2) is 9.97 Å². The van der Waals surface area contributed by atoms with Crippen LogP contribution in [0.1, 0.15) is 11.0 Å². The van der Waals surface area contributed by atoms with Crippen molar-refractivity contribution in [3.8, 4) is 61.8 Å². The monoisotopic (exact) mass is 633 g/mol. The third-order valence-electron chi connectivity index (χ3n) is 8.56. The highest BCUT2D eigenvalue weighted by molar-refractivity contribution is 6.10. The van der Waals surface area contributed by atoms with E-state index in [1.54, 1.807) is 12.1 Å². The minimum Gasteiger partial charge on any atom is -0.309 e. The van der Waals surface area contributed by atoms with Gasteiger partial charge in [-0.15, -0.1) is 0 Å². The van der Waals surface area contributed by atoms with Crippen molar-refractivity contribution in [2.24, 2.45) is 0 Å². The first-order chi connectivity index (χ1) is 27.6. The Morgan fingerprint density at radius 1 is 0.408 bits per heavy atom. The lowest BCUT2D eigenvalue weighted by molar-refractivity contribution is 1.18. The second-order valence-corrected chi connectivity index (χ2v) is 11.6. The fraction of sp³-hybridized carbons (Fsp3) is 0. The van der Waals surface area contributed by atoms with Crippen LogP contribution in [-0.2, 0) is 0 Å². The maximum absolute atomic E-state index is 9.59. The van der Waals surface area contributed by atoms with Crippen LogP contribution in [-0.4, -0.2) is 14.5 Å². The van der Waals surface area contributed by atoms with Crippen LogP contribution in [0.3, 0.4) is 0 Å². The molecule has 0 atom stereocenters. The van der Waals surface area contributed by atoms with Crippen LogP contribution in [0.4, 0.5) is 0 Å². The van der Waals surface area contributed by atoms with Crippen molar-refractivity contribution < 1.29 is 11.0 Å². The van der Waals surface area contributed by atoms with Gasteiger partial charge in [-0.1, -0.05) is 145 Å². The second-order valence-electron chi connectivity index (χ2n) is 11.6. The van der Waals surface area contributed by atoms with Crippen molar-refractivity contribution in [2.75, 3.05) is 0 Å². The molecule has 0 unspecified atom stereocenters. The summed E-state index contributed by atoms with van der Waals surface area (Å²) in [7, 11) is 0. The number of nitrogens with zero attached hydrogens (tertiary/aromatic N) is 3. The Morgan fingerprint density at radius 2 is 0.939 bits per heavy atom. The van der Waals surface area contributed by atoms with Gasteiger partial charge in [0.15, 0.2) is 5.82 Å². The van der Waals surface area contributed by atoms with Gasteiger partial charge in [-0.2, -0.15) is 0 Å². The molecule has 9 aromatic rings. The van der Waals surface area contributed by atoms with Gasteiger partial charge < -0.3 is 4.57 Å². The summed E-state index contributed by atoms with van der Waals surface area (Å²) in [5, 5.41) is 1.97. The van der Waals surface area contributed by atoms with E-state index in [4.69, 9.17) is 18.2 Å². The fourth-order valence-corrected chi connectivity index (χ4v) is 6.24. The average molecular weight is 634 g/mol. The first kappa shape index (κ1) is 21.3. The lowest BCUT2D eigenvalue weighted by Gasteiger charge is -2.12. The molecular weight excluding hydrogens is 595 g/mol. The predicted molar refractivity (Wildman–Crippen MR) is 204 cm³/mol. The van der Waals surface area contributed by atoms with Gasteiger partial charge >= 0.3 is 0 Å². The molecule has 2 aromatic heterocycles. The van der Waals surface area contributed by atoms with Gasteiger partial charge in [-0.05, 0) is 64.7 Å². The third-order valence-corrected chi connectivity index (χ3v) is 8.56. The van der Waals surface area contributed by atoms with Crippen LogP contribution < -0.4 is 0 Å². The van der Waals surface area contributed by atoms with E-state index in [-0.39, 0.29) is 46.1 Å². The van der Waals surface area contributed by atoms with Gasteiger partial charge in [0.1, 0.15) is 0 Å². The normalized spacial score (nSPS) is 13.6. The van der Waals surface area contributed by atoms with Crippen LogP contribution in [0.15, 0.2) is 188 Å². The molecule has 9 rings (SSSR count). The van der Waals surface area contributed by atoms with E-state index in [1.165, 1.54) is 0 Å². The number of rotatable bonds is 6. The van der Waals surface area contributed by atoms with Gasteiger partial charge in [-0.3, -0.25) is 0 Å². The molecule has 0 radical (unpaired) electrons. The summed E-state index contributed by atoms with van der Waals surface area (Å²) in [6, 6.07) is 40.2. The van der Waals surface area contributed by atoms with Crippen molar-refractivity contribution >= 4 is 21.8 Å². The SMILES string of the molecule is [2H]c1c([2H])c(-c2ccc3c4ccccc4n(-c4ccccc4)c3c2)c([2H])c(-c2c([2H])c([2H])c([2H])c(-c3cc(-c4ccccc4)nc(-c4ccccc4)n3)c2[2H])c1[2H]. The van der Waals surface area contributed by atoms with Crippen molar-refractivity contribution in [2.45, 2.75) is 0 Å². The fourth-order valence-electron chi connectivity index (χ4n) is 6.24. The zero-order valence-corrected chi connectivity index (χ0v) is 26.1. The molecule has 0 aliphatic heterocycles. The van der Waals surface area contributed by atoms with Crippen LogP contribution in [0.25, 0.3) is 83.6 Å². The predicted octanol–water partition coefficient (Wildman–Crippen LogP) is 11.9. The van der Waals surface area contributed by atoms with Gasteiger partial charge in [0, 0.05) is 33.2 Å². The average Bonchev–Trinajstić information content (AvgIpc) is 3.58. The van der Waals surface area contributed by atoms with Crippen molar-refractivity contribution in [1.82, 2.24) is 14.5 Å². The van der Waals surface area contributed by atoms with Gasteiger partial charge in [0.25, 0.3) is 0 Å². The quantitative estimate of drug-likeness (QED) is 0.182. The van der Waals surface area contributed by atoms with Crippen molar-refractivity contribution in [3.63, 3.8) is 0 Å². The molecule has 0 aliphatic carbocycles. The lowest BCUT2D eigenvalue weighted by Crippen LogP contribution is -1.96. The summed E-state index contributed by atoms with van der Waals surface area (Å²) in [5.41, 5.74) is 4.77. The molecule has 49 heavy (non-hydrogen) atoms. The summed E-state index contributed by atoms with van der Waals surface area (Å²) in [5.74, 6) is 0.328. The zero-order valence-electron chi connectivity index (χ0n) is 34.1. The van der Waals surface area contributed by atoms with Gasteiger partial charge in [0.2, 0.25) is 0 Å². The summed E-state index contributed by atoms with van der Waals surface area (Å²) < 4.78 is 75.4. The third kappa shape index (κ3) is 5.38. The van der Waals surface area contributed by atoms with E-state index in [2.05, 4.69) is 4.57 Å². The molecule has 0 bridgehead atoms. The highest BCUT2D eigenvalue weighted by atomic mass is 15.0. The molecule has 0 N–H and O–H groups in total. The smallest absolute Gasteiger partial charge is 0.160 e. The number of hydrogen-bond donors (Lipinski definition) is 0. The van der Waals surface area contributed by atoms with Crippen molar-refractivity contribution in [1.29, 1.82) is 0 Å². The molecule has 0 aliphatic rings. The van der Waals surface area contributed by atoms with E-state index in [1.807, 2.05) is 127 Å². The van der Waals surface area contributed by atoms with Crippen LogP contribution in [0, 0.1) is 0 Å². The number of benzene rings is 7. The van der Waals surface area contributed by atoms with E-state index in [9.17, 15) is 2.74 Å². The highest BCUT2D eigenvalue weighted by Crippen LogP contribution is 2.36.